The van der Waals surface area contributed by atoms with E-state index in [0.29, 0.717) is 31.1 Å². The molecule has 0 unspecified atom stereocenters. The maximum atomic E-state index is 12.0. The van der Waals surface area contributed by atoms with Gasteiger partial charge in [-0.2, -0.15) is 0 Å². The highest BCUT2D eigenvalue weighted by Crippen LogP contribution is 2.27. The van der Waals surface area contributed by atoms with Crippen molar-refractivity contribution in [1.82, 2.24) is 15.2 Å². The number of carbonyl (C=O) groups excluding carboxylic acids is 1. The minimum absolute atomic E-state index is 0.00930. The third-order valence-electron chi connectivity index (χ3n) is 7.10. The number of aliphatic carboxylic acids is 1. The van der Waals surface area contributed by atoms with E-state index in [9.17, 15) is 9.59 Å². The minimum atomic E-state index is -0.882. The number of aromatic nitrogens is 1. The van der Waals surface area contributed by atoms with Crippen LogP contribution in [0.15, 0.2) is 46.9 Å². The molecule has 0 radical (unpaired) electrons. The van der Waals surface area contributed by atoms with Crippen molar-refractivity contribution in [2.24, 2.45) is 0 Å². The van der Waals surface area contributed by atoms with Crippen molar-refractivity contribution >= 4 is 12.1 Å². The number of nitrogens with one attached hydrogen (secondary N) is 1. The van der Waals surface area contributed by atoms with Crippen molar-refractivity contribution in [3.8, 4) is 23.0 Å². The van der Waals surface area contributed by atoms with Crippen LogP contribution in [0.25, 0.3) is 11.5 Å². The van der Waals surface area contributed by atoms with Crippen molar-refractivity contribution < 1.29 is 33.3 Å². The average molecular weight is 580 g/mol. The fourth-order valence-corrected chi connectivity index (χ4v) is 4.81. The Morgan fingerprint density at radius 1 is 1.10 bits per heavy atom. The summed E-state index contributed by atoms with van der Waals surface area (Å²) in [5.74, 6) is 1.82. The van der Waals surface area contributed by atoms with E-state index in [-0.39, 0.29) is 25.2 Å². The molecule has 1 fully saturated rings. The van der Waals surface area contributed by atoms with Gasteiger partial charge in [0.25, 0.3) is 0 Å². The highest BCUT2D eigenvalue weighted by Gasteiger charge is 2.19. The first-order valence-corrected chi connectivity index (χ1v) is 14.5. The Kier molecular flexibility index (Phi) is 10.8. The number of likely N-dealkylation sites (tertiary alicyclic amines) is 1. The van der Waals surface area contributed by atoms with Crippen LogP contribution >= 0.6 is 0 Å². The molecule has 226 valence electrons. The number of nitrogens with zero attached hydrogens (tertiary/aromatic N) is 2. The molecule has 10 heteroatoms. The zero-order chi connectivity index (χ0) is 30.1. The van der Waals surface area contributed by atoms with Gasteiger partial charge in [0.15, 0.2) is 0 Å². The lowest BCUT2D eigenvalue weighted by atomic mass is 10.0. The van der Waals surface area contributed by atoms with Crippen molar-refractivity contribution in [3.63, 3.8) is 0 Å². The van der Waals surface area contributed by atoms with Crippen LogP contribution in [0, 0.1) is 6.92 Å². The van der Waals surface area contributed by atoms with Gasteiger partial charge < -0.3 is 34.0 Å². The Hall–Kier alpha value is -4.05. The number of carboxylic acid groups (broad SMARTS) is 1. The number of aryl methyl sites for hydroxylation is 2. The zero-order valence-electron chi connectivity index (χ0n) is 24.9. The van der Waals surface area contributed by atoms with Gasteiger partial charge in [-0.1, -0.05) is 12.1 Å². The second-order valence-corrected chi connectivity index (χ2v) is 10.9. The number of amides is 1. The zero-order valence-corrected chi connectivity index (χ0v) is 24.9. The maximum absolute atomic E-state index is 12.0. The normalized spacial score (nSPS) is 14.1. The molecule has 4 rings (SSSR count). The number of oxazole rings is 1. The number of alkyl carbamates (subject to hydrolysis) is 1. The highest BCUT2D eigenvalue weighted by atomic mass is 16.6. The molecule has 0 bridgehead atoms. The SMILES string of the molecule is Cc1oc(-c2cccc(OC3CCN(C)CC3)c2)nc1CCOc1ccc(CCC(=O)O)c(CNC(=O)OC(C)C)c1. The number of piperidine rings is 1. The van der Waals surface area contributed by atoms with Gasteiger partial charge in [0.2, 0.25) is 5.89 Å². The Bertz CT molecular complexity index is 1350. The van der Waals surface area contributed by atoms with E-state index in [4.69, 9.17) is 28.7 Å². The van der Waals surface area contributed by atoms with Crippen LogP contribution in [0.1, 0.15) is 55.7 Å². The van der Waals surface area contributed by atoms with E-state index in [0.717, 1.165) is 59.8 Å². The van der Waals surface area contributed by atoms with Crippen molar-refractivity contribution in [2.75, 3.05) is 26.7 Å². The standard InChI is InChI=1S/C32H41N3O7/c1-21(2)40-32(38)33-20-25-19-27(10-8-23(25)9-11-30(36)37)39-17-14-29-22(3)41-31(34-29)24-6-5-7-28(18-24)42-26-12-15-35(4)16-13-26/h5-8,10,18-19,21,26H,9,11-17,20H2,1-4H3,(H,33,38)(H,36,37). The third kappa shape index (κ3) is 9.24. The van der Waals surface area contributed by atoms with Gasteiger partial charge in [0, 0.05) is 38.0 Å². The number of hydrogen-bond acceptors (Lipinski definition) is 8. The van der Waals surface area contributed by atoms with Crippen LogP contribution in [-0.4, -0.2) is 66.0 Å². The van der Waals surface area contributed by atoms with Gasteiger partial charge in [0.1, 0.15) is 23.4 Å². The number of carbonyl (C=O) groups is 2. The molecule has 0 atom stereocenters. The molecular weight excluding hydrogens is 538 g/mol. The molecule has 2 N–H and O–H groups in total. The lowest BCUT2D eigenvalue weighted by Gasteiger charge is -2.29. The first-order valence-electron chi connectivity index (χ1n) is 14.5. The molecule has 3 aromatic rings. The third-order valence-corrected chi connectivity index (χ3v) is 7.10. The molecule has 1 amide bonds. The van der Waals surface area contributed by atoms with Gasteiger partial charge in [-0.25, -0.2) is 9.78 Å². The predicted molar refractivity (Wildman–Crippen MR) is 158 cm³/mol. The fraction of sp³-hybridized carbons (Fsp3) is 0.469. The maximum Gasteiger partial charge on any atom is 0.407 e. The Labute approximate surface area is 247 Å². The number of carboxylic acids is 1. The van der Waals surface area contributed by atoms with Crippen LogP contribution in [-0.2, 0) is 28.9 Å². The minimum Gasteiger partial charge on any atom is -0.493 e. The van der Waals surface area contributed by atoms with Crippen molar-refractivity contribution in [1.29, 1.82) is 0 Å². The molecule has 0 aliphatic carbocycles. The van der Waals surface area contributed by atoms with Gasteiger partial charge in [-0.05, 0) is 88.5 Å². The van der Waals surface area contributed by atoms with Crippen molar-refractivity contribution in [3.05, 3.63) is 65.0 Å². The average Bonchev–Trinajstić information content (AvgIpc) is 3.32. The summed E-state index contributed by atoms with van der Waals surface area (Å²) in [6.07, 6.45) is 2.34. The fourth-order valence-electron chi connectivity index (χ4n) is 4.81. The lowest BCUT2D eigenvalue weighted by molar-refractivity contribution is -0.136. The van der Waals surface area contributed by atoms with E-state index in [1.54, 1.807) is 13.8 Å². The van der Waals surface area contributed by atoms with E-state index in [2.05, 4.69) is 17.3 Å². The van der Waals surface area contributed by atoms with Gasteiger partial charge in [-0.3, -0.25) is 4.79 Å². The molecule has 10 nitrogen and oxygen atoms in total. The first-order chi connectivity index (χ1) is 20.2. The van der Waals surface area contributed by atoms with Gasteiger partial charge >= 0.3 is 12.1 Å². The summed E-state index contributed by atoms with van der Waals surface area (Å²) in [5.41, 5.74) is 3.27. The number of ether oxygens (including phenoxy) is 3. The second kappa shape index (κ2) is 14.7. The summed E-state index contributed by atoms with van der Waals surface area (Å²) in [6.45, 7) is 8.07. The molecule has 2 heterocycles. The second-order valence-electron chi connectivity index (χ2n) is 10.9. The van der Waals surface area contributed by atoms with E-state index < -0.39 is 12.1 Å². The molecule has 1 aromatic heterocycles. The van der Waals surface area contributed by atoms with Crippen LogP contribution in [0.4, 0.5) is 4.79 Å². The van der Waals surface area contributed by atoms with Crippen LogP contribution in [0.2, 0.25) is 0 Å². The summed E-state index contributed by atoms with van der Waals surface area (Å²) in [5, 5.41) is 11.8. The topological polar surface area (TPSA) is 123 Å². The monoisotopic (exact) mass is 579 g/mol. The Balaban J connectivity index is 1.36. The van der Waals surface area contributed by atoms with E-state index in [1.165, 1.54) is 0 Å². The summed E-state index contributed by atoms with van der Waals surface area (Å²) >= 11 is 0. The highest BCUT2D eigenvalue weighted by molar-refractivity contribution is 5.68. The number of benzene rings is 2. The lowest BCUT2D eigenvalue weighted by Crippen LogP contribution is -2.35. The van der Waals surface area contributed by atoms with Gasteiger partial charge in [0.05, 0.1) is 18.4 Å². The quantitative estimate of drug-likeness (QED) is 0.274. The van der Waals surface area contributed by atoms with Gasteiger partial charge in [-0.15, -0.1) is 0 Å². The molecular formula is C32H41N3O7. The van der Waals surface area contributed by atoms with Crippen LogP contribution < -0.4 is 14.8 Å². The summed E-state index contributed by atoms with van der Waals surface area (Å²) < 4.78 is 23.4. The number of hydrogen-bond donors (Lipinski definition) is 2. The summed E-state index contributed by atoms with van der Waals surface area (Å²) in [7, 11) is 2.13. The molecule has 42 heavy (non-hydrogen) atoms. The smallest absolute Gasteiger partial charge is 0.407 e. The number of rotatable bonds is 13. The first kappa shape index (κ1) is 30.9. The molecule has 2 aromatic carbocycles. The van der Waals surface area contributed by atoms with E-state index >= 15 is 0 Å². The van der Waals surface area contributed by atoms with E-state index in [1.807, 2.05) is 49.4 Å². The Morgan fingerprint density at radius 2 is 1.88 bits per heavy atom. The molecule has 1 aliphatic rings. The molecule has 1 aliphatic heterocycles. The van der Waals surface area contributed by atoms with Crippen LogP contribution in [0.5, 0.6) is 11.5 Å². The summed E-state index contributed by atoms with van der Waals surface area (Å²) in [6, 6.07) is 13.3. The van der Waals surface area contributed by atoms with Crippen molar-refractivity contribution in [2.45, 2.75) is 71.6 Å². The predicted octanol–water partition coefficient (Wildman–Crippen LogP) is 5.40. The summed E-state index contributed by atoms with van der Waals surface area (Å²) in [4.78, 5) is 30.1. The molecule has 0 saturated carbocycles. The Morgan fingerprint density at radius 3 is 2.62 bits per heavy atom. The molecule has 1 saturated heterocycles. The van der Waals surface area contributed by atoms with Crippen LogP contribution in [0.3, 0.4) is 0 Å². The molecule has 0 spiro atoms. The largest absolute Gasteiger partial charge is 0.493 e.